The number of Topliss-reactive ketones (excluding diaryl/α,β-unsaturated/α-hetero) is 1. The molecule has 0 radical (unpaired) electrons. The molecular formula is C11H19N3O4. The topological polar surface area (TPSA) is 104 Å². The lowest BCUT2D eigenvalue weighted by molar-refractivity contribution is -0.130. The number of amides is 3. The zero-order valence-electron chi connectivity index (χ0n) is 10.8. The van der Waals surface area contributed by atoms with Crippen LogP contribution in [0.1, 0.15) is 26.7 Å². The third-order valence-electron chi connectivity index (χ3n) is 2.14. The molecule has 1 atom stereocenters. The molecule has 0 spiro atoms. The largest absolute Gasteiger partial charge is 0.359 e. The second-order valence-corrected chi connectivity index (χ2v) is 3.88. The van der Waals surface area contributed by atoms with E-state index in [-0.39, 0.29) is 37.0 Å². The Morgan fingerprint density at radius 2 is 1.61 bits per heavy atom. The van der Waals surface area contributed by atoms with Crippen LogP contribution in [-0.2, 0) is 19.2 Å². The molecule has 0 bridgehead atoms. The van der Waals surface area contributed by atoms with Crippen molar-refractivity contribution >= 4 is 23.5 Å². The molecule has 0 aliphatic carbocycles. The van der Waals surface area contributed by atoms with Crippen molar-refractivity contribution in [3.05, 3.63) is 0 Å². The summed E-state index contributed by atoms with van der Waals surface area (Å²) in [6, 6.07) is -0.735. The van der Waals surface area contributed by atoms with Gasteiger partial charge in [0.2, 0.25) is 17.7 Å². The highest BCUT2D eigenvalue weighted by molar-refractivity contribution is 5.91. The Morgan fingerprint density at radius 3 is 2.11 bits per heavy atom. The second-order valence-electron chi connectivity index (χ2n) is 3.88. The first kappa shape index (κ1) is 16.1. The fourth-order valence-electron chi connectivity index (χ4n) is 1.10. The summed E-state index contributed by atoms with van der Waals surface area (Å²) in [5.74, 6) is -1.22. The molecule has 7 nitrogen and oxygen atoms in total. The molecule has 18 heavy (non-hydrogen) atoms. The van der Waals surface area contributed by atoms with E-state index in [0.717, 1.165) is 0 Å². The van der Waals surface area contributed by atoms with E-state index < -0.39 is 11.9 Å². The number of nitrogens with one attached hydrogen (secondary N) is 3. The Balaban J connectivity index is 3.95. The third-order valence-corrected chi connectivity index (χ3v) is 2.14. The molecular weight excluding hydrogens is 238 g/mol. The molecule has 0 aromatic heterocycles. The van der Waals surface area contributed by atoms with Crippen molar-refractivity contribution in [1.82, 2.24) is 16.0 Å². The molecule has 0 aromatic rings. The highest BCUT2D eigenvalue weighted by atomic mass is 16.2. The average molecular weight is 257 g/mol. The van der Waals surface area contributed by atoms with Crippen LogP contribution < -0.4 is 16.0 Å². The number of hydrogen-bond acceptors (Lipinski definition) is 4. The summed E-state index contributed by atoms with van der Waals surface area (Å²) in [6.45, 7) is 2.80. The minimum Gasteiger partial charge on any atom is -0.359 e. The van der Waals surface area contributed by atoms with Crippen molar-refractivity contribution in [2.45, 2.75) is 32.7 Å². The van der Waals surface area contributed by atoms with Crippen molar-refractivity contribution < 1.29 is 19.2 Å². The first-order valence-corrected chi connectivity index (χ1v) is 5.64. The summed E-state index contributed by atoms with van der Waals surface area (Å²) in [5.41, 5.74) is 0. The first-order chi connectivity index (χ1) is 8.36. The maximum atomic E-state index is 11.4. The maximum Gasteiger partial charge on any atom is 0.242 e. The van der Waals surface area contributed by atoms with Crippen LogP contribution in [0.5, 0.6) is 0 Å². The maximum absolute atomic E-state index is 11.4. The quantitative estimate of drug-likeness (QED) is 0.528. The van der Waals surface area contributed by atoms with E-state index in [2.05, 4.69) is 16.0 Å². The van der Waals surface area contributed by atoms with Crippen LogP contribution in [0.15, 0.2) is 0 Å². The zero-order chi connectivity index (χ0) is 14.1. The van der Waals surface area contributed by atoms with E-state index >= 15 is 0 Å². The third kappa shape index (κ3) is 7.37. The van der Waals surface area contributed by atoms with Gasteiger partial charge < -0.3 is 16.0 Å². The van der Waals surface area contributed by atoms with Gasteiger partial charge in [-0.2, -0.15) is 0 Å². The fraction of sp³-hybridized carbons (Fsp3) is 0.636. The highest BCUT2D eigenvalue weighted by Crippen LogP contribution is 1.91. The predicted molar refractivity (Wildman–Crippen MR) is 64.6 cm³/mol. The Kier molecular flexibility index (Phi) is 7.34. The van der Waals surface area contributed by atoms with E-state index in [9.17, 15) is 19.2 Å². The number of rotatable bonds is 7. The van der Waals surface area contributed by atoms with E-state index in [4.69, 9.17) is 0 Å². The standard InChI is InChI=1S/C11H19N3O4/c1-7(15)6-13-11(18)8(2)14-10(17)5-4-9(16)12-3/h8H,4-6H2,1-3H3,(H,12,16)(H,13,18)(H,14,17)/t8-/m0/s1. The van der Waals surface area contributed by atoms with E-state index in [1.54, 1.807) is 0 Å². The van der Waals surface area contributed by atoms with Crippen LogP contribution in [0.4, 0.5) is 0 Å². The fourth-order valence-corrected chi connectivity index (χ4v) is 1.10. The summed E-state index contributed by atoms with van der Waals surface area (Å²) in [4.78, 5) is 44.4. The zero-order valence-corrected chi connectivity index (χ0v) is 10.8. The summed E-state index contributed by atoms with van der Waals surface area (Å²) in [7, 11) is 1.48. The Bertz CT molecular complexity index is 341. The molecule has 0 aromatic carbocycles. The van der Waals surface area contributed by atoms with Crippen molar-refractivity contribution in [2.75, 3.05) is 13.6 Å². The molecule has 0 heterocycles. The van der Waals surface area contributed by atoms with Gasteiger partial charge in [-0.25, -0.2) is 0 Å². The Labute approximate surface area is 106 Å². The van der Waals surface area contributed by atoms with Gasteiger partial charge in [0, 0.05) is 19.9 Å². The van der Waals surface area contributed by atoms with Crippen LogP contribution in [-0.4, -0.2) is 43.1 Å². The van der Waals surface area contributed by atoms with Gasteiger partial charge in [0.25, 0.3) is 0 Å². The van der Waals surface area contributed by atoms with Crippen LogP contribution >= 0.6 is 0 Å². The molecule has 0 aliphatic heterocycles. The van der Waals surface area contributed by atoms with Crippen LogP contribution in [0.3, 0.4) is 0 Å². The average Bonchev–Trinajstić information content (AvgIpc) is 2.32. The van der Waals surface area contributed by atoms with Gasteiger partial charge in [0.05, 0.1) is 6.54 Å². The minimum atomic E-state index is -0.735. The van der Waals surface area contributed by atoms with Gasteiger partial charge in [0.15, 0.2) is 0 Å². The number of hydrogen-bond donors (Lipinski definition) is 3. The monoisotopic (exact) mass is 257 g/mol. The molecule has 0 aliphatic rings. The number of carbonyl (C=O) groups is 4. The smallest absolute Gasteiger partial charge is 0.242 e. The van der Waals surface area contributed by atoms with Gasteiger partial charge in [-0.3, -0.25) is 19.2 Å². The molecule has 3 amide bonds. The van der Waals surface area contributed by atoms with Crippen molar-refractivity contribution in [3.8, 4) is 0 Å². The summed E-state index contributed by atoms with van der Waals surface area (Å²) in [6.07, 6.45) is 0.0914. The van der Waals surface area contributed by atoms with Gasteiger partial charge in [-0.05, 0) is 13.8 Å². The normalized spacial score (nSPS) is 11.3. The molecule has 0 unspecified atom stereocenters. The predicted octanol–water partition coefficient (Wildman–Crippen LogP) is -1.28. The first-order valence-electron chi connectivity index (χ1n) is 5.64. The van der Waals surface area contributed by atoms with Gasteiger partial charge in [-0.15, -0.1) is 0 Å². The van der Waals surface area contributed by atoms with Crippen molar-refractivity contribution in [3.63, 3.8) is 0 Å². The summed E-state index contributed by atoms with van der Waals surface area (Å²) in [5, 5.41) is 7.21. The van der Waals surface area contributed by atoms with E-state index in [1.165, 1.54) is 20.9 Å². The van der Waals surface area contributed by atoms with Gasteiger partial charge in [0.1, 0.15) is 11.8 Å². The molecule has 7 heteroatoms. The highest BCUT2D eigenvalue weighted by Gasteiger charge is 2.15. The lowest BCUT2D eigenvalue weighted by atomic mass is 10.2. The minimum absolute atomic E-state index is 0.0179. The Hall–Kier alpha value is -1.92. The van der Waals surface area contributed by atoms with Crippen LogP contribution in [0.25, 0.3) is 0 Å². The molecule has 0 saturated carbocycles. The van der Waals surface area contributed by atoms with Gasteiger partial charge >= 0.3 is 0 Å². The van der Waals surface area contributed by atoms with E-state index in [0.29, 0.717) is 0 Å². The number of carbonyl (C=O) groups excluding carboxylic acids is 4. The molecule has 3 N–H and O–H groups in total. The molecule has 0 fully saturated rings. The van der Waals surface area contributed by atoms with Crippen molar-refractivity contribution in [2.24, 2.45) is 0 Å². The van der Waals surface area contributed by atoms with Crippen LogP contribution in [0, 0.1) is 0 Å². The van der Waals surface area contributed by atoms with Crippen LogP contribution in [0.2, 0.25) is 0 Å². The molecule has 102 valence electrons. The van der Waals surface area contributed by atoms with Crippen molar-refractivity contribution in [1.29, 1.82) is 0 Å². The molecule has 0 saturated heterocycles. The molecule has 0 rings (SSSR count). The van der Waals surface area contributed by atoms with E-state index in [1.807, 2.05) is 0 Å². The summed E-state index contributed by atoms with van der Waals surface area (Å²) < 4.78 is 0. The Morgan fingerprint density at radius 1 is 1.06 bits per heavy atom. The van der Waals surface area contributed by atoms with Gasteiger partial charge in [-0.1, -0.05) is 0 Å². The lowest BCUT2D eigenvalue weighted by Gasteiger charge is -2.13. The number of ketones is 1. The second kappa shape index (κ2) is 8.21. The SMILES string of the molecule is CNC(=O)CCC(=O)N[C@@H](C)C(=O)NCC(C)=O. The summed E-state index contributed by atoms with van der Waals surface area (Å²) >= 11 is 0. The lowest BCUT2D eigenvalue weighted by Crippen LogP contribution is -2.46.